The quantitative estimate of drug-likeness (QED) is 0.134. The van der Waals surface area contributed by atoms with E-state index in [9.17, 15) is 0 Å². The fourth-order valence-corrected chi connectivity index (χ4v) is 5.04. The second-order valence-corrected chi connectivity index (χ2v) is 12.2. The zero-order valence-corrected chi connectivity index (χ0v) is 25.6. The van der Waals surface area contributed by atoms with Crippen LogP contribution in [0.15, 0.2) is 84.9 Å². The smallest absolute Gasteiger partial charge is 0.296 e. The molecular formula is C36H32N2Pt. The number of hydrogen-bond donors (Lipinski definition) is 0. The van der Waals surface area contributed by atoms with E-state index in [2.05, 4.69) is 126 Å². The van der Waals surface area contributed by atoms with Crippen LogP contribution in [0.3, 0.4) is 0 Å². The molecule has 4 aromatic carbocycles. The third-order valence-electron chi connectivity index (χ3n) is 7.39. The molecule has 3 heteroatoms. The number of pyridine rings is 2. The molecule has 0 saturated heterocycles. The first-order valence-corrected chi connectivity index (χ1v) is 13.3. The average Bonchev–Trinajstić information content (AvgIpc) is 2.91. The molecule has 6 aromatic rings. The Labute approximate surface area is 245 Å². The average molecular weight is 688 g/mol. The van der Waals surface area contributed by atoms with Crippen LogP contribution < -0.4 is 0 Å². The molecule has 0 atom stereocenters. The van der Waals surface area contributed by atoms with Crippen molar-refractivity contribution < 1.29 is 21.1 Å². The van der Waals surface area contributed by atoms with Crippen molar-refractivity contribution in [3.05, 3.63) is 108 Å². The van der Waals surface area contributed by atoms with Gasteiger partial charge in [-0.3, -0.25) is 9.97 Å². The van der Waals surface area contributed by atoms with Gasteiger partial charge in [-0.15, -0.1) is 70.8 Å². The molecule has 0 N–H and O–H groups in total. The topological polar surface area (TPSA) is 25.8 Å². The van der Waals surface area contributed by atoms with Crippen molar-refractivity contribution in [1.82, 2.24) is 9.97 Å². The van der Waals surface area contributed by atoms with Gasteiger partial charge in [0.25, 0.3) is 0 Å². The Bertz CT molecular complexity index is 1710. The largest absolute Gasteiger partial charge is 2.00 e. The first-order valence-electron chi connectivity index (χ1n) is 13.3. The SMILES string of the molecule is CC(C)(C)c1cc[c-]c(-c2ccc3ccc4ccc5ccc(-c6[c-]ccc(C(C)(C)C)c6)nc5c4c3n2)c1.[Pt+2]. The van der Waals surface area contributed by atoms with Crippen LogP contribution in [0.4, 0.5) is 0 Å². The first kappa shape index (κ1) is 27.2. The molecule has 0 radical (unpaired) electrons. The Morgan fingerprint density at radius 3 is 1.31 bits per heavy atom. The van der Waals surface area contributed by atoms with Gasteiger partial charge in [-0.2, -0.15) is 0 Å². The number of rotatable bonds is 2. The van der Waals surface area contributed by atoms with E-state index in [1.165, 1.54) is 11.1 Å². The van der Waals surface area contributed by atoms with Crippen LogP contribution in [-0.2, 0) is 31.9 Å². The number of aromatic nitrogens is 2. The summed E-state index contributed by atoms with van der Waals surface area (Å²) in [5.41, 5.74) is 8.49. The van der Waals surface area contributed by atoms with Crippen molar-refractivity contribution in [3.63, 3.8) is 0 Å². The third kappa shape index (κ3) is 5.15. The van der Waals surface area contributed by atoms with E-state index < -0.39 is 0 Å². The van der Waals surface area contributed by atoms with Gasteiger partial charge in [0.05, 0.1) is 11.0 Å². The van der Waals surface area contributed by atoms with E-state index in [1.807, 2.05) is 12.1 Å². The standard InChI is InChI=1S/C36H32N2.Pt/c1-35(2,3)28-11-7-9-26(21-28)30-19-17-24-15-13-23-14-16-25-18-20-31(38-34(25)32(23)33(24)37-30)27-10-8-12-29(22-27)36(4,5)6;/h7-8,11-22H,1-6H3;/q-2;+2. The van der Waals surface area contributed by atoms with Crippen LogP contribution in [0.25, 0.3) is 55.1 Å². The van der Waals surface area contributed by atoms with Gasteiger partial charge in [-0.25, -0.2) is 0 Å². The summed E-state index contributed by atoms with van der Waals surface area (Å²) < 4.78 is 0. The fourth-order valence-electron chi connectivity index (χ4n) is 5.04. The second kappa shape index (κ2) is 10.00. The molecule has 2 nitrogen and oxygen atoms in total. The normalized spacial score (nSPS) is 12.2. The fraction of sp³-hybridized carbons (Fsp3) is 0.222. The van der Waals surface area contributed by atoms with E-state index in [0.717, 1.165) is 55.1 Å². The maximum absolute atomic E-state index is 5.22. The Morgan fingerprint density at radius 2 is 0.897 bits per heavy atom. The van der Waals surface area contributed by atoms with Gasteiger partial charge in [0, 0.05) is 5.39 Å². The zero-order valence-electron chi connectivity index (χ0n) is 23.3. The van der Waals surface area contributed by atoms with Crippen LogP contribution >= 0.6 is 0 Å². The molecule has 39 heavy (non-hydrogen) atoms. The monoisotopic (exact) mass is 687 g/mol. The van der Waals surface area contributed by atoms with Crippen molar-refractivity contribution in [3.8, 4) is 22.5 Å². The molecule has 196 valence electrons. The summed E-state index contributed by atoms with van der Waals surface area (Å²) >= 11 is 0. The van der Waals surface area contributed by atoms with Crippen molar-refractivity contribution in [1.29, 1.82) is 0 Å². The Balaban J connectivity index is 0.00000308. The van der Waals surface area contributed by atoms with Gasteiger partial charge in [0.1, 0.15) is 0 Å². The maximum atomic E-state index is 5.22. The molecule has 0 spiro atoms. The third-order valence-corrected chi connectivity index (χ3v) is 7.39. The molecule has 0 aliphatic rings. The second-order valence-electron chi connectivity index (χ2n) is 12.2. The Hall–Kier alpha value is -3.35. The zero-order chi connectivity index (χ0) is 26.7. The summed E-state index contributed by atoms with van der Waals surface area (Å²) in [4.78, 5) is 10.4. The van der Waals surface area contributed by atoms with Gasteiger partial charge in [0.2, 0.25) is 0 Å². The molecule has 0 saturated carbocycles. The van der Waals surface area contributed by atoms with Crippen molar-refractivity contribution in [2.75, 3.05) is 0 Å². The van der Waals surface area contributed by atoms with Crippen LogP contribution in [0.1, 0.15) is 52.7 Å². The summed E-state index contributed by atoms with van der Waals surface area (Å²) in [6.07, 6.45) is 0. The minimum absolute atomic E-state index is 0. The van der Waals surface area contributed by atoms with E-state index in [4.69, 9.17) is 9.97 Å². The molecule has 6 rings (SSSR count). The van der Waals surface area contributed by atoms with Crippen LogP contribution in [0, 0.1) is 12.1 Å². The summed E-state index contributed by atoms with van der Waals surface area (Å²) in [7, 11) is 0. The number of hydrogen-bond acceptors (Lipinski definition) is 2. The van der Waals surface area contributed by atoms with E-state index in [0.29, 0.717) is 0 Å². The first-order chi connectivity index (χ1) is 18.1. The maximum Gasteiger partial charge on any atom is 2.00 e. The van der Waals surface area contributed by atoms with E-state index in [-0.39, 0.29) is 31.9 Å². The van der Waals surface area contributed by atoms with E-state index >= 15 is 0 Å². The molecular weight excluding hydrogens is 655 g/mol. The molecule has 0 aliphatic heterocycles. The molecule has 0 bridgehead atoms. The predicted octanol–water partition coefficient (Wildman–Crippen LogP) is 9.46. The van der Waals surface area contributed by atoms with Crippen LogP contribution in [0.5, 0.6) is 0 Å². The molecule has 0 unspecified atom stereocenters. The van der Waals surface area contributed by atoms with Gasteiger partial charge >= 0.3 is 21.1 Å². The summed E-state index contributed by atoms with van der Waals surface area (Å²) in [6, 6.07) is 36.7. The summed E-state index contributed by atoms with van der Waals surface area (Å²) in [5.74, 6) is 0. The Kier molecular flexibility index (Phi) is 6.98. The van der Waals surface area contributed by atoms with Gasteiger partial charge in [-0.1, -0.05) is 90.1 Å². The van der Waals surface area contributed by atoms with E-state index in [1.54, 1.807) is 0 Å². The molecule has 2 heterocycles. The molecule has 0 aliphatic carbocycles. The van der Waals surface area contributed by atoms with Crippen molar-refractivity contribution >= 4 is 32.6 Å². The van der Waals surface area contributed by atoms with Crippen molar-refractivity contribution in [2.45, 2.75) is 52.4 Å². The number of fused-ring (bicyclic) bond motifs is 5. The number of nitrogens with zero attached hydrogens (tertiary/aromatic N) is 2. The van der Waals surface area contributed by atoms with Crippen LogP contribution in [0.2, 0.25) is 0 Å². The molecule has 0 amide bonds. The van der Waals surface area contributed by atoms with Gasteiger partial charge < -0.3 is 0 Å². The van der Waals surface area contributed by atoms with Gasteiger partial charge in [-0.05, 0) is 38.4 Å². The summed E-state index contributed by atoms with van der Waals surface area (Å²) in [5, 5.41) is 4.44. The Morgan fingerprint density at radius 1 is 0.513 bits per heavy atom. The number of benzene rings is 4. The van der Waals surface area contributed by atoms with Gasteiger partial charge in [0.15, 0.2) is 0 Å². The summed E-state index contributed by atoms with van der Waals surface area (Å²) in [6.45, 7) is 13.4. The minimum Gasteiger partial charge on any atom is -0.296 e. The van der Waals surface area contributed by atoms with Crippen molar-refractivity contribution in [2.24, 2.45) is 0 Å². The van der Waals surface area contributed by atoms with Crippen LogP contribution in [-0.4, -0.2) is 9.97 Å². The minimum atomic E-state index is 0. The molecule has 2 aromatic heterocycles. The molecule has 0 fully saturated rings. The predicted molar refractivity (Wildman–Crippen MR) is 160 cm³/mol.